The van der Waals surface area contributed by atoms with Crippen molar-refractivity contribution < 1.29 is 10.2 Å². The fourth-order valence-electron chi connectivity index (χ4n) is 3.66. The number of nitrogen functional groups attached to an aromatic ring is 1. The number of benzene rings is 2. The van der Waals surface area contributed by atoms with Crippen molar-refractivity contribution in [2.24, 2.45) is 10.2 Å². The number of anilines is 2. The molecule has 4 N–H and O–H groups in total. The van der Waals surface area contributed by atoms with Gasteiger partial charge in [-0.05, 0) is 42.5 Å². The van der Waals surface area contributed by atoms with Crippen molar-refractivity contribution in [3.8, 4) is 11.5 Å². The summed E-state index contributed by atoms with van der Waals surface area (Å²) in [6.07, 6.45) is 3.43. The van der Waals surface area contributed by atoms with Crippen molar-refractivity contribution in [2.75, 3.05) is 10.6 Å². The first kappa shape index (κ1) is 22.6. The minimum atomic E-state index is -0.0369. The molecule has 11 heteroatoms. The Balaban J connectivity index is 1.51. The lowest BCUT2D eigenvalue weighted by atomic mass is 10.1. The first-order chi connectivity index (χ1) is 17.6. The van der Waals surface area contributed by atoms with Crippen molar-refractivity contribution in [1.82, 2.24) is 24.9 Å². The second-order valence-corrected chi connectivity index (χ2v) is 7.80. The van der Waals surface area contributed by atoms with Crippen LogP contribution in [0.3, 0.4) is 0 Å². The Hall–Kier alpha value is -5.19. The zero-order chi connectivity index (χ0) is 24.9. The minimum absolute atomic E-state index is 0.0128. The molecule has 5 aromatic rings. The lowest BCUT2D eigenvalue weighted by Gasteiger charge is -2.22. The maximum Gasteiger partial charge on any atom is 0.275 e. The van der Waals surface area contributed by atoms with Gasteiger partial charge in [0.15, 0.2) is 0 Å². The van der Waals surface area contributed by atoms with Crippen LogP contribution in [-0.2, 0) is 13.1 Å². The van der Waals surface area contributed by atoms with Gasteiger partial charge in [0.25, 0.3) is 5.95 Å². The summed E-state index contributed by atoms with van der Waals surface area (Å²) in [7, 11) is 0. The number of fused-ring (bicyclic) bond motifs is 1. The van der Waals surface area contributed by atoms with E-state index in [2.05, 4.69) is 35.1 Å². The molecule has 11 nitrogen and oxygen atoms in total. The summed E-state index contributed by atoms with van der Waals surface area (Å²) < 4.78 is 0. The molecule has 178 valence electrons. The summed E-state index contributed by atoms with van der Waals surface area (Å²) >= 11 is 0. The fraction of sp³-hybridized carbons (Fsp3) is 0.0800. The molecular weight excluding hydrogens is 458 g/mol. The smallest absolute Gasteiger partial charge is 0.275 e. The number of hydrogen-bond acceptors (Lipinski definition) is 11. The molecular formula is C25H21N9O2. The first-order valence-corrected chi connectivity index (χ1v) is 11.0. The number of nitrogens with two attached hydrogens (primary N) is 1. The fourth-order valence-corrected chi connectivity index (χ4v) is 3.66. The molecule has 0 unspecified atom stereocenters. The lowest BCUT2D eigenvalue weighted by molar-refractivity contribution is 0.475. The zero-order valence-corrected chi connectivity index (χ0v) is 19.0. The second-order valence-electron chi connectivity index (χ2n) is 7.80. The van der Waals surface area contributed by atoms with E-state index in [-0.39, 0.29) is 29.3 Å². The van der Waals surface area contributed by atoms with Gasteiger partial charge in [0.05, 0.1) is 35.6 Å². The molecule has 0 atom stereocenters. The average molecular weight is 480 g/mol. The van der Waals surface area contributed by atoms with E-state index in [4.69, 9.17) is 5.73 Å². The normalized spacial score (nSPS) is 11.2. The Morgan fingerprint density at radius 1 is 0.722 bits per heavy atom. The van der Waals surface area contributed by atoms with Gasteiger partial charge in [0, 0.05) is 17.8 Å². The van der Waals surface area contributed by atoms with E-state index < -0.39 is 0 Å². The van der Waals surface area contributed by atoms with E-state index >= 15 is 0 Å². The summed E-state index contributed by atoms with van der Waals surface area (Å²) in [5.74, 6) is 0.225. The quantitative estimate of drug-likeness (QED) is 0.287. The summed E-state index contributed by atoms with van der Waals surface area (Å²) in [4.78, 5) is 23.5. The Bertz CT molecular complexity index is 1490. The molecule has 0 fully saturated rings. The maximum atomic E-state index is 10.3. The molecule has 5 rings (SSSR count). The molecule has 0 saturated carbocycles. The SMILES string of the molecule is Nc1nc(/N=N/c2ccc(O)c3cccc(O)c23)nc(N(Cc2ccccn2)Cc2ccccn2)n1. The van der Waals surface area contributed by atoms with Gasteiger partial charge in [-0.1, -0.05) is 24.3 Å². The predicted molar refractivity (Wildman–Crippen MR) is 134 cm³/mol. The predicted octanol–water partition coefficient (Wildman–Crippen LogP) is 4.43. The van der Waals surface area contributed by atoms with Gasteiger partial charge in [-0.25, -0.2) is 0 Å². The van der Waals surface area contributed by atoms with Crippen LogP contribution in [0.25, 0.3) is 10.8 Å². The molecule has 0 bridgehead atoms. The van der Waals surface area contributed by atoms with Gasteiger partial charge in [0.2, 0.25) is 11.9 Å². The molecule has 0 spiro atoms. The average Bonchev–Trinajstić information content (AvgIpc) is 2.89. The Morgan fingerprint density at radius 3 is 2.11 bits per heavy atom. The van der Waals surface area contributed by atoms with Crippen LogP contribution in [0.2, 0.25) is 0 Å². The Morgan fingerprint density at radius 2 is 1.44 bits per heavy atom. The molecule has 0 amide bonds. The van der Waals surface area contributed by atoms with E-state index in [0.29, 0.717) is 29.5 Å². The molecule has 0 saturated heterocycles. The Labute approximate surface area is 205 Å². The molecule has 3 heterocycles. The van der Waals surface area contributed by atoms with Gasteiger partial charge in [-0.3, -0.25) is 9.97 Å². The van der Waals surface area contributed by atoms with E-state index in [9.17, 15) is 10.2 Å². The van der Waals surface area contributed by atoms with Crippen LogP contribution in [0.4, 0.5) is 23.5 Å². The van der Waals surface area contributed by atoms with E-state index in [1.807, 2.05) is 41.3 Å². The van der Waals surface area contributed by atoms with Gasteiger partial charge in [-0.2, -0.15) is 15.0 Å². The monoisotopic (exact) mass is 479 g/mol. The topological polar surface area (TPSA) is 159 Å². The minimum Gasteiger partial charge on any atom is -0.507 e. The van der Waals surface area contributed by atoms with Crippen LogP contribution in [0.15, 0.2) is 89.4 Å². The number of hydrogen-bond donors (Lipinski definition) is 3. The third kappa shape index (κ3) is 4.99. The third-order valence-electron chi connectivity index (χ3n) is 5.29. The van der Waals surface area contributed by atoms with Crippen molar-refractivity contribution in [1.29, 1.82) is 0 Å². The van der Waals surface area contributed by atoms with Crippen LogP contribution in [0.5, 0.6) is 11.5 Å². The maximum absolute atomic E-state index is 10.3. The highest BCUT2D eigenvalue weighted by Crippen LogP contribution is 2.38. The molecule has 2 aromatic carbocycles. The molecule has 36 heavy (non-hydrogen) atoms. The van der Waals surface area contributed by atoms with Gasteiger partial charge >= 0.3 is 0 Å². The standard InChI is InChI=1S/C25H21N9O2/c26-23-29-24(33-32-19-10-11-20(35)18-8-5-9-21(36)22(18)19)31-25(30-23)34(14-16-6-1-3-12-27-16)15-17-7-2-4-13-28-17/h1-13,35-36H,14-15H2,(H2,26,29,30,31)/b33-32+. The van der Waals surface area contributed by atoms with Crippen LogP contribution in [-0.4, -0.2) is 35.1 Å². The highest BCUT2D eigenvalue weighted by Gasteiger charge is 2.16. The number of aromatic hydroxyl groups is 2. The van der Waals surface area contributed by atoms with E-state index in [1.165, 1.54) is 12.1 Å². The van der Waals surface area contributed by atoms with E-state index in [1.54, 1.807) is 30.6 Å². The molecule has 3 aromatic heterocycles. The van der Waals surface area contributed by atoms with Crippen LogP contribution >= 0.6 is 0 Å². The lowest BCUT2D eigenvalue weighted by Crippen LogP contribution is -2.25. The first-order valence-electron chi connectivity index (χ1n) is 11.0. The summed E-state index contributed by atoms with van der Waals surface area (Å²) in [5, 5.41) is 29.6. The molecule has 0 aliphatic rings. The zero-order valence-electron chi connectivity index (χ0n) is 19.0. The molecule has 0 aliphatic carbocycles. The number of rotatable bonds is 7. The van der Waals surface area contributed by atoms with Crippen LogP contribution in [0.1, 0.15) is 11.4 Å². The van der Waals surface area contributed by atoms with Gasteiger partial charge in [0.1, 0.15) is 11.5 Å². The number of nitrogens with zero attached hydrogens (tertiary/aromatic N) is 8. The van der Waals surface area contributed by atoms with Crippen molar-refractivity contribution in [3.63, 3.8) is 0 Å². The third-order valence-corrected chi connectivity index (χ3v) is 5.29. The van der Waals surface area contributed by atoms with Crippen molar-refractivity contribution in [3.05, 3.63) is 90.5 Å². The van der Waals surface area contributed by atoms with Crippen LogP contribution < -0.4 is 10.6 Å². The molecule has 0 aliphatic heterocycles. The number of azo groups is 1. The highest BCUT2D eigenvalue weighted by atomic mass is 16.3. The number of pyridine rings is 2. The van der Waals surface area contributed by atoms with Crippen molar-refractivity contribution in [2.45, 2.75) is 13.1 Å². The number of phenolic OH excluding ortho intramolecular Hbond substituents is 2. The number of aromatic nitrogens is 5. The van der Waals surface area contributed by atoms with Crippen molar-refractivity contribution >= 4 is 34.3 Å². The summed E-state index contributed by atoms with van der Waals surface area (Å²) in [6.45, 7) is 0.793. The second kappa shape index (κ2) is 9.97. The summed E-state index contributed by atoms with van der Waals surface area (Å²) in [6, 6.07) is 19.1. The van der Waals surface area contributed by atoms with Gasteiger partial charge < -0.3 is 20.8 Å². The number of phenols is 2. The van der Waals surface area contributed by atoms with E-state index in [0.717, 1.165) is 11.4 Å². The largest absolute Gasteiger partial charge is 0.507 e. The van der Waals surface area contributed by atoms with Gasteiger partial charge in [-0.15, -0.1) is 10.2 Å². The Kier molecular flexibility index (Phi) is 6.26. The van der Waals surface area contributed by atoms with Crippen LogP contribution in [0, 0.1) is 0 Å². The summed E-state index contributed by atoms with van der Waals surface area (Å²) in [5.41, 5.74) is 7.94. The highest BCUT2D eigenvalue weighted by molar-refractivity contribution is 6.00. The molecule has 0 radical (unpaired) electrons.